The first-order chi connectivity index (χ1) is 15.7. The van der Waals surface area contributed by atoms with E-state index in [-0.39, 0.29) is 5.91 Å². The zero-order chi connectivity index (χ0) is 21.9. The Hall–Kier alpha value is -3.94. The van der Waals surface area contributed by atoms with Gasteiger partial charge in [0.05, 0.1) is 0 Å². The molecule has 1 aliphatic rings. The second kappa shape index (κ2) is 8.66. The Bertz CT molecular complexity index is 1230. The highest BCUT2D eigenvalue weighted by Gasteiger charge is 2.22. The molecule has 5 rings (SSSR count). The lowest BCUT2D eigenvalue weighted by atomic mass is 10.2. The maximum Gasteiger partial charge on any atom is 0.242 e. The van der Waals surface area contributed by atoms with Gasteiger partial charge in [-0.1, -0.05) is 24.3 Å². The number of para-hydroxylation sites is 1. The average molecular weight is 428 g/mol. The summed E-state index contributed by atoms with van der Waals surface area (Å²) in [5.74, 6) is 2.35. The number of piperazine rings is 1. The van der Waals surface area contributed by atoms with Crippen molar-refractivity contribution in [3.8, 4) is 0 Å². The Morgan fingerprint density at radius 3 is 2.53 bits per heavy atom. The standard InChI is InChI=1S/C24H25N7O/c1-18-5-4-8-21(25-18)26-22-9-10-23(28-27-22)29-13-15-30(16-14-29)24(32)17-31-12-11-19-6-2-3-7-20(19)31/h2-12H,13-17H2,1H3,(H,25,26,27). The van der Waals surface area contributed by atoms with Crippen molar-refractivity contribution in [2.24, 2.45) is 0 Å². The van der Waals surface area contributed by atoms with Gasteiger partial charge in [-0.05, 0) is 48.7 Å². The molecule has 8 nitrogen and oxygen atoms in total. The van der Waals surface area contributed by atoms with E-state index in [4.69, 9.17) is 0 Å². The largest absolute Gasteiger partial charge is 0.352 e. The first kappa shape index (κ1) is 20.0. The molecule has 0 atom stereocenters. The molecule has 0 radical (unpaired) electrons. The molecule has 1 saturated heterocycles. The van der Waals surface area contributed by atoms with Gasteiger partial charge < -0.3 is 19.7 Å². The summed E-state index contributed by atoms with van der Waals surface area (Å²) in [5.41, 5.74) is 2.03. The van der Waals surface area contributed by atoms with Gasteiger partial charge in [0.1, 0.15) is 12.4 Å². The highest BCUT2D eigenvalue weighted by molar-refractivity contribution is 5.83. The summed E-state index contributed by atoms with van der Waals surface area (Å²) < 4.78 is 2.02. The Kier molecular flexibility index (Phi) is 5.41. The van der Waals surface area contributed by atoms with Gasteiger partial charge in [-0.25, -0.2) is 4.98 Å². The lowest BCUT2D eigenvalue weighted by Crippen LogP contribution is -2.49. The molecule has 0 spiro atoms. The number of benzene rings is 1. The smallest absolute Gasteiger partial charge is 0.242 e. The zero-order valence-electron chi connectivity index (χ0n) is 18.0. The van der Waals surface area contributed by atoms with E-state index >= 15 is 0 Å². The van der Waals surface area contributed by atoms with Gasteiger partial charge in [0.2, 0.25) is 5.91 Å². The average Bonchev–Trinajstić information content (AvgIpc) is 3.22. The molecule has 8 heteroatoms. The number of carbonyl (C=O) groups excluding carboxylic acids is 1. The van der Waals surface area contributed by atoms with Crippen LogP contribution in [-0.2, 0) is 11.3 Å². The molecule has 1 aliphatic heterocycles. The van der Waals surface area contributed by atoms with Gasteiger partial charge in [-0.3, -0.25) is 4.79 Å². The summed E-state index contributed by atoms with van der Waals surface area (Å²) in [6, 6.07) is 19.8. The number of rotatable bonds is 5. The van der Waals surface area contributed by atoms with Gasteiger partial charge in [0.25, 0.3) is 0 Å². The minimum atomic E-state index is 0.141. The monoisotopic (exact) mass is 427 g/mol. The zero-order valence-corrected chi connectivity index (χ0v) is 18.0. The fourth-order valence-electron chi connectivity index (χ4n) is 4.01. The van der Waals surface area contributed by atoms with Crippen molar-refractivity contribution in [3.63, 3.8) is 0 Å². The van der Waals surface area contributed by atoms with Gasteiger partial charge in [-0.2, -0.15) is 0 Å². The first-order valence-electron chi connectivity index (χ1n) is 10.8. The number of nitrogens with zero attached hydrogens (tertiary/aromatic N) is 6. The van der Waals surface area contributed by atoms with Crippen LogP contribution in [-0.4, -0.2) is 56.7 Å². The summed E-state index contributed by atoms with van der Waals surface area (Å²) in [7, 11) is 0. The topological polar surface area (TPSA) is 79.2 Å². The maximum atomic E-state index is 12.8. The molecule has 4 aromatic rings. The predicted molar refractivity (Wildman–Crippen MR) is 125 cm³/mol. The second-order valence-corrected chi connectivity index (χ2v) is 7.94. The van der Waals surface area contributed by atoms with E-state index in [9.17, 15) is 4.79 Å². The predicted octanol–water partition coefficient (Wildman–Crippen LogP) is 3.23. The number of amides is 1. The Labute approximate surface area is 186 Å². The van der Waals surface area contributed by atoms with E-state index in [0.29, 0.717) is 25.5 Å². The summed E-state index contributed by atoms with van der Waals surface area (Å²) in [5, 5.41) is 13.0. The Morgan fingerprint density at radius 1 is 0.906 bits per heavy atom. The van der Waals surface area contributed by atoms with Crippen molar-refractivity contribution in [1.82, 2.24) is 24.6 Å². The Balaban J connectivity index is 1.17. The van der Waals surface area contributed by atoms with Crippen LogP contribution in [0.1, 0.15) is 5.69 Å². The van der Waals surface area contributed by atoms with Crippen molar-refractivity contribution >= 4 is 34.3 Å². The summed E-state index contributed by atoms with van der Waals surface area (Å²) >= 11 is 0. The van der Waals surface area contributed by atoms with Crippen LogP contribution >= 0.6 is 0 Å². The van der Waals surface area contributed by atoms with Crippen molar-refractivity contribution < 1.29 is 4.79 Å². The summed E-state index contributed by atoms with van der Waals surface area (Å²) in [6.45, 7) is 5.13. The highest BCUT2D eigenvalue weighted by atomic mass is 16.2. The van der Waals surface area contributed by atoms with Crippen molar-refractivity contribution in [2.45, 2.75) is 13.5 Å². The van der Waals surface area contributed by atoms with Gasteiger partial charge in [0, 0.05) is 43.6 Å². The number of anilines is 3. The van der Waals surface area contributed by atoms with Crippen molar-refractivity contribution in [3.05, 3.63) is 72.6 Å². The van der Waals surface area contributed by atoms with E-state index in [1.54, 1.807) is 0 Å². The summed E-state index contributed by atoms with van der Waals surface area (Å²) in [6.07, 6.45) is 1.98. The van der Waals surface area contributed by atoms with E-state index in [0.717, 1.165) is 41.3 Å². The molecule has 0 saturated carbocycles. The van der Waals surface area contributed by atoms with E-state index in [1.165, 1.54) is 0 Å². The van der Waals surface area contributed by atoms with Gasteiger partial charge in [-0.15, -0.1) is 10.2 Å². The first-order valence-corrected chi connectivity index (χ1v) is 10.8. The van der Waals surface area contributed by atoms with E-state index in [1.807, 2.05) is 77.2 Å². The molecule has 3 aromatic heterocycles. The van der Waals surface area contributed by atoms with Gasteiger partial charge in [0.15, 0.2) is 11.6 Å². The molecule has 0 unspecified atom stereocenters. The molecule has 1 fully saturated rings. The molecule has 1 amide bonds. The number of hydrogen-bond donors (Lipinski definition) is 1. The maximum absolute atomic E-state index is 12.8. The van der Waals surface area contributed by atoms with E-state index in [2.05, 4.69) is 31.5 Å². The Morgan fingerprint density at radius 2 is 1.75 bits per heavy atom. The quantitative estimate of drug-likeness (QED) is 0.527. The molecular weight excluding hydrogens is 402 g/mol. The van der Waals surface area contributed by atoms with Crippen LogP contribution < -0.4 is 10.2 Å². The number of hydrogen-bond acceptors (Lipinski definition) is 6. The minimum Gasteiger partial charge on any atom is -0.352 e. The van der Waals surface area contributed by atoms with Crippen LogP contribution in [0.5, 0.6) is 0 Å². The third-order valence-corrected chi connectivity index (χ3v) is 5.74. The number of aromatic nitrogens is 4. The number of carbonyl (C=O) groups is 1. The lowest BCUT2D eigenvalue weighted by Gasteiger charge is -2.35. The number of nitrogens with one attached hydrogen (secondary N) is 1. The molecule has 32 heavy (non-hydrogen) atoms. The molecular formula is C24H25N7O. The molecule has 0 bridgehead atoms. The minimum absolute atomic E-state index is 0.141. The third-order valence-electron chi connectivity index (χ3n) is 5.74. The van der Waals surface area contributed by atoms with Crippen LogP contribution in [0.2, 0.25) is 0 Å². The SMILES string of the molecule is Cc1cccc(Nc2ccc(N3CCN(C(=O)Cn4ccc5ccccc54)CC3)nn2)n1. The van der Waals surface area contributed by atoms with Crippen LogP contribution in [0.3, 0.4) is 0 Å². The lowest BCUT2D eigenvalue weighted by molar-refractivity contribution is -0.132. The molecule has 1 aromatic carbocycles. The van der Waals surface area contributed by atoms with E-state index < -0.39 is 0 Å². The second-order valence-electron chi connectivity index (χ2n) is 7.94. The fourth-order valence-corrected chi connectivity index (χ4v) is 4.01. The number of aryl methyl sites for hydroxylation is 1. The fraction of sp³-hybridized carbons (Fsp3) is 0.250. The number of pyridine rings is 1. The third kappa shape index (κ3) is 4.25. The van der Waals surface area contributed by atoms with Crippen LogP contribution in [0.25, 0.3) is 10.9 Å². The molecule has 162 valence electrons. The van der Waals surface area contributed by atoms with Crippen LogP contribution in [0, 0.1) is 6.92 Å². The molecule has 4 heterocycles. The number of fused-ring (bicyclic) bond motifs is 1. The molecule has 0 aliphatic carbocycles. The van der Waals surface area contributed by atoms with Gasteiger partial charge >= 0.3 is 0 Å². The van der Waals surface area contributed by atoms with Crippen molar-refractivity contribution in [1.29, 1.82) is 0 Å². The van der Waals surface area contributed by atoms with Crippen LogP contribution in [0.4, 0.5) is 17.5 Å². The molecule has 1 N–H and O–H groups in total. The summed E-state index contributed by atoms with van der Waals surface area (Å²) in [4.78, 5) is 21.4. The highest BCUT2D eigenvalue weighted by Crippen LogP contribution is 2.18. The van der Waals surface area contributed by atoms with Crippen molar-refractivity contribution in [2.75, 3.05) is 36.4 Å². The van der Waals surface area contributed by atoms with Crippen LogP contribution in [0.15, 0.2) is 66.9 Å². The normalized spacial score (nSPS) is 14.0.